The minimum atomic E-state index is -4.93. The highest BCUT2D eigenvalue weighted by atomic mass is 31.2. The first kappa shape index (κ1) is 75.1. The number of carbonyl (C=O) groups is 4. The van der Waals surface area contributed by atoms with Crippen molar-refractivity contribution >= 4 is 39.5 Å². The lowest BCUT2D eigenvalue weighted by Crippen LogP contribution is -2.30. The predicted molar refractivity (Wildman–Crippen MR) is 303 cm³/mol. The Hall–Kier alpha value is -1.94. The molecule has 17 nitrogen and oxygen atoms in total. The van der Waals surface area contributed by atoms with Crippen molar-refractivity contribution in [3.63, 3.8) is 0 Å². The van der Waals surface area contributed by atoms with Crippen molar-refractivity contribution in [3.05, 3.63) is 0 Å². The molecule has 0 amide bonds. The normalized spacial score (nSPS) is 14.3. The van der Waals surface area contributed by atoms with Crippen LogP contribution in [0.1, 0.15) is 291 Å². The van der Waals surface area contributed by atoms with E-state index in [2.05, 4.69) is 27.7 Å². The molecule has 0 bridgehead atoms. The number of unbranched alkanes of at least 4 members (excludes halogenated alkanes) is 33. The van der Waals surface area contributed by atoms with E-state index in [9.17, 15) is 43.2 Å². The van der Waals surface area contributed by atoms with Crippen molar-refractivity contribution in [2.75, 3.05) is 39.6 Å². The molecular weight excluding hydrogens is 1030 g/mol. The van der Waals surface area contributed by atoms with Crippen LogP contribution in [0.3, 0.4) is 0 Å². The van der Waals surface area contributed by atoms with Gasteiger partial charge in [-0.05, 0) is 25.7 Å². The molecule has 456 valence electrons. The highest BCUT2D eigenvalue weighted by Gasteiger charge is 2.30. The molecule has 77 heavy (non-hydrogen) atoms. The lowest BCUT2D eigenvalue weighted by atomic mass is 10.0. The third-order valence-electron chi connectivity index (χ3n) is 13.4. The fourth-order valence-corrected chi connectivity index (χ4v) is 10.2. The van der Waals surface area contributed by atoms with Gasteiger partial charge in [0.1, 0.15) is 19.3 Å². The Labute approximate surface area is 467 Å². The van der Waals surface area contributed by atoms with E-state index in [1.807, 2.05) is 0 Å². The fraction of sp³-hybridized carbons (Fsp3) is 0.931. The Morgan fingerprint density at radius 3 is 0.766 bits per heavy atom. The summed E-state index contributed by atoms with van der Waals surface area (Å²) >= 11 is 0. The second-order valence-corrected chi connectivity index (χ2v) is 23.9. The van der Waals surface area contributed by atoms with Crippen molar-refractivity contribution in [2.24, 2.45) is 0 Å². The molecule has 3 N–H and O–H groups in total. The number of rotatable bonds is 59. The van der Waals surface area contributed by atoms with Crippen LogP contribution in [-0.2, 0) is 65.4 Å². The first-order chi connectivity index (χ1) is 37.2. The first-order valence-electron chi connectivity index (χ1n) is 30.8. The zero-order valence-corrected chi connectivity index (χ0v) is 50.7. The van der Waals surface area contributed by atoms with Gasteiger partial charge in [-0.15, -0.1) is 0 Å². The molecule has 0 aliphatic rings. The number of aliphatic hydroxyl groups excluding tert-OH is 1. The van der Waals surface area contributed by atoms with Crippen LogP contribution in [0, 0.1) is 0 Å². The summed E-state index contributed by atoms with van der Waals surface area (Å²) in [5, 5.41) is 10.5. The van der Waals surface area contributed by atoms with Gasteiger partial charge in [-0.25, -0.2) is 9.13 Å². The quantitative estimate of drug-likeness (QED) is 0.0222. The Balaban J connectivity index is 5.11. The summed E-state index contributed by atoms with van der Waals surface area (Å²) in [5.41, 5.74) is 0. The largest absolute Gasteiger partial charge is 0.472 e. The molecule has 0 aromatic carbocycles. The van der Waals surface area contributed by atoms with Gasteiger partial charge >= 0.3 is 39.5 Å². The van der Waals surface area contributed by atoms with Crippen molar-refractivity contribution in [1.82, 2.24) is 0 Å². The van der Waals surface area contributed by atoms with E-state index in [0.29, 0.717) is 25.7 Å². The molecule has 0 aliphatic heterocycles. The van der Waals surface area contributed by atoms with Gasteiger partial charge in [0.25, 0.3) is 0 Å². The molecule has 0 radical (unpaired) electrons. The van der Waals surface area contributed by atoms with Crippen molar-refractivity contribution in [3.8, 4) is 0 Å². The highest BCUT2D eigenvalue weighted by molar-refractivity contribution is 7.47. The van der Waals surface area contributed by atoms with Crippen LogP contribution in [-0.4, -0.2) is 96.7 Å². The monoisotopic (exact) mass is 1140 g/mol. The molecule has 0 saturated carbocycles. The summed E-state index contributed by atoms with van der Waals surface area (Å²) in [4.78, 5) is 71.4. The highest BCUT2D eigenvalue weighted by Crippen LogP contribution is 2.45. The number of hydrogen-bond donors (Lipinski definition) is 3. The van der Waals surface area contributed by atoms with Gasteiger partial charge in [0.05, 0.1) is 26.4 Å². The second-order valence-electron chi connectivity index (χ2n) is 21.0. The molecule has 0 saturated heterocycles. The average molecular weight is 1140 g/mol. The predicted octanol–water partition coefficient (Wildman–Crippen LogP) is 15.6. The van der Waals surface area contributed by atoms with E-state index in [1.165, 1.54) is 116 Å². The fourth-order valence-electron chi connectivity index (χ4n) is 8.57. The number of carbonyl (C=O) groups excluding carboxylic acids is 4. The molecule has 0 heterocycles. The Kier molecular flexibility index (Phi) is 52.0. The minimum Gasteiger partial charge on any atom is -0.462 e. The van der Waals surface area contributed by atoms with Gasteiger partial charge in [-0.3, -0.25) is 37.3 Å². The topological polar surface area (TPSA) is 237 Å². The zero-order chi connectivity index (χ0) is 56.9. The third-order valence-corrected chi connectivity index (χ3v) is 15.3. The summed E-state index contributed by atoms with van der Waals surface area (Å²) in [6.07, 6.45) is 36.9. The van der Waals surface area contributed by atoms with Crippen LogP contribution < -0.4 is 0 Å². The summed E-state index contributed by atoms with van der Waals surface area (Å²) in [6, 6.07) is 0. The molecule has 0 aromatic heterocycles. The molecule has 19 heteroatoms. The Morgan fingerprint density at radius 2 is 0.519 bits per heavy atom. The van der Waals surface area contributed by atoms with Crippen molar-refractivity contribution < 1.29 is 80.2 Å². The van der Waals surface area contributed by atoms with Gasteiger partial charge < -0.3 is 33.8 Å². The van der Waals surface area contributed by atoms with Gasteiger partial charge in [0.15, 0.2) is 12.2 Å². The smallest absolute Gasteiger partial charge is 0.462 e. The first-order valence-corrected chi connectivity index (χ1v) is 33.8. The van der Waals surface area contributed by atoms with Crippen molar-refractivity contribution in [2.45, 2.75) is 309 Å². The average Bonchev–Trinajstić information content (AvgIpc) is 3.40. The second kappa shape index (κ2) is 53.4. The number of aliphatic hydroxyl groups is 1. The standard InChI is InChI=1S/C58H112O17P2/c1-5-9-13-17-19-21-23-24-25-26-27-29-31-33-37-41-45-58(63)75-54(49-69-56(61)43-39-36-32-30-28-22-20-18-14-10-6-2)51-73-77(66,67)71-47-52(59)46-70-76(64,65)72-50-53(74-57(62)44-40-35-16-12-8-4)48-68-55(60)42-38-34-15-11-7-3/h52-54,59H,5-51H2,1-4H3,(H,64,65)(H,66,67)/t52-,53+,54+/m0/s1. The molecule has 0 spiro atoms. The molecule has 2 unspecified atom stereocenters. The van der Waals surface area contributed by atoms with Crippen LogP contribution in [0.5, 0.6) is 0 Å². The number of hydrogen-bond acceptors (Lipinski definition) is 15. The van der Waals surface area contributed by atoms with Crippen LogP contribution in [0.15, 0.2) is 0 Å². The SMILES string of the molecule is CCCCCCCCCCCCCCCCCCC(=O)O[C@H](COC(=O)CCCCCCCCCCCCC)COP(=O)(O)OC[C@@H](O)COP(=O)(O)OC[C@@H](COC(=O)CCCCCCC)OC(=O)CCCCCCC. The molecule has 0 rings (SSSR count). The number of phosphoric acid groups is 2. The van der Waals surface area contributed by atoms with Crippen LogP contribution in [0.2, 0.25) is 0 Å². The van der Waals surface area contributed by atoms with Gasteiger partial charge in [-0.1, -0.05) is 240 Å². The van der Waals surface area contributed by atoms with Crippen LogP contribution >= 0.6 is 15.6 Å². The lowest BCUT2D eigenvalue weighted by Gasteiger charge is -2.21. The number of phosphoric ester groups is 2. The van der Waals surface area contributed by atoms with Gasteiger partial charge in [0.2, 0.25) is 0 Å². The van der Waals surface area contributed by atoms with E-state index in [1.54, 1.807) is 0 Å². The maximum absolute atomic E-state index is 12.9. The summed E-state index contributed by atoms with van der Waals surface area (Å²) in [7, 11) is -9.85. The summed E-state index contributed by atoms with van der Waals surface area (Å²) < 4.78 is 67.3. The zero-order valence-electron chi connectivity index (χ0n) is 48.9. The third kappa shape index (κ3) is 53.2. The van der Waals surface area contributed by atoms with E-state index in [4.69, 9.17) is 37.0 Å². The van der Waals surface area contributed by atoms with E-state index in [0.717, 1.165) is 96.3 Å². The van der Waals surface area contributed by atoms with Crippen LogP contribution in [0.25, 0.3) is 0 Å². The molecular formula is C58H112O17P2. The van der Waals surface area contributed by atoms with E-state index in [-0.39, 0.29) is 25.7 Å². The van der Waals surface area contributed by atoms with E-state index < -0.39 is 97.5 Å². The summed E-state index contributed by atoms with van der Waals surface area (Å²) in [6.45, 7) is 4.67. The van der Waals surface area contributed by atoms with Crippen LogP contribution in [0.4, 0.5) is 0 Å². The van der Waals surface area contributed by atoms with Crippen molar-refractivity contribution in [1.29, 1.82) is 0 Å². The molecule has 0 fully saturated rings. The summed E-state index contributed by atoms with van der Waals surface area (Å²) in [5.74, 6) is -2.16. The van der Waals surface area contributed by atoms with E-state index >= 15 is 0 Å². The molecule has 5 atom stereocenters. The Morgan fingerprint density at radius 1 is 0.312 bits per heavy atom. The van der Waals surface area contributed by atoms with Gasteiger partial charge in [-0.2, -0.15) is 0 Å². The number of ether oxygens (including phenoxy) is 4. The molecule has 0 aliphatic carbocycles. The Bertz CT molecular complexity index is 1500. The number of esters is 4. The van der Waals surface area contributed by atoms with Gasteiger partial charge in [0, 0.05) is 25.7 Å². The maximum Gasteiger partial charge on any atom is 0.472 e. The minimum absolute atomic E-state index is 0.0991. The maximum atomic E-state index is 12.9. The lowest BCUT2D eigenvalue weighted by molar-refractivity contribution is -0.161. The molecule has 0 aromatic rings.